The van der Waals surface area contributed by atoms with Crippen LogP contribution in [0.15, 0.2) is 29.2 Å². The molecule has 0 saturated carbocycles. The van der Waals surface area contributed by atoms with Crippen LogP contribution in [0.1, 0.15) is 44.6 Å². The third kappa shape index (κ3) is 4.78. The van der Waals surface area contributed by atoms with Crippen LogP contribution in [0.25, 0.3) is 0 Å². The Hall–Kier alpha value is -1.40. The molecule has 5 nitrogen and oxygen atoms in total. The second kappa shape index (κ2) is 7.93. The van der Waals surface area contributed by atoms with Crippen molar-refractivity contribution in [2.75, 3.05) is 13.1 Å². The average molecular weight is 338 g/mol. The quantitative estimate of drug-likeness (QED) is 0.866. The lowest BCUT2D eigenvalue weighted by molar-refractivity contribution is -0.132. The van der Waals surface area contributed by atoms with E-state index in [2.05, 4.69) is 11.6 Å². The van der Waals surface area contributed by atoms with Crippen molar-refractivity contribution in [1.29, 1.82) is 0 Å². The minimum absolute atomic E-state index is 0.102. The predicted molar refractivity (Wildman–Crippen MR) is 90.6 cm³/mol. The second-order valence-electron chi connectivity index (χ2n) is 6.15. The molecular formula is C17H26N2O3S. The molecule has 1 heterocycles. The van der Waals surface area contributed by atoms with Gasteiger partial charge in [0.1, 0.15) is 0 Å². The summed E-state index contributed by atoms with van der Waals surface area (Å²) in [6.45, 7) is 5.12. The lowest BCUT2D eigenvalue weighted by atomic mass is 10.1. The summed E-state index contributed by atoms with van der Waals surface area (Å²) < 4.78 is 27.8. The van der Waals surface area contributed by atoms with E-state index in [-0.39, 0.29) is 11.9 Å². The smallest absolute Gasteiger partial charge is 0.241 e. The largest absolute Gasteiger partial charge is 0.343 e. The number of likely N-dealkylation sites (tertiary alicyclic amines) is 1. The van der Waals surface area contributed by atoms with Gasteiger partial charge in [-0.3, -0.25) is 4.79 Å². The molecule has 1 N–H and O–H groups in total. The number of nitrogens with one attached hydrogen (secondary N) is 1. The van der Waals surface area contributed by atoms with Crippen molar-refractivity contribution < 1.29 is 13.2 Å². The van der Waals surface area contributed by atoms with Gasteiger partial charge in [0.15, 0.2) is 0 Å². The van der Waals surface area contributed by atoms with E-state index in [0.717, 1.165) is 18.4 Å². The van der Waals surface area contributed by atoms with Gasteiger partial charge in [0.2, 0.25) is 15.9 Å². The molecule has 1 fully saturated rings. The number of rotatable bonds is 6. The highest BCUT2D eigenvalue weighted by Gasteiger charge is 2.26. The van der Waals surface area contributed by atoms with Gasteiger partial charge in [-0.1, -0.05) is 31.5 Å². The van der Waals surface area contributed by atoms with Gasteiger partial charge < -0.3 is 4.90 Å². The third-order valence-electron chi connectivity index (χ3n) is 4.30. The number of unbranched alkanes of at least 4 members (excludes halogenated alkanes) is 1. The summed E-state index contributed by atoms with van der Waals surface area (Å²) in [6.07, 6.45) is 3.86. The van der Waals surface area contributed by atoms with Crippen LogP contribution >= 0.6 is 0 Å². The molecule has 1 aliphatic rings. The minimum atomic E-state index is -3.50. The number of amides is 1. The van der Waals surface area contributed by atoms with Crippen LogP contribution < -0.4 is 4.72 Å². The summed E-state index contributed by atoms with van der Waals surface area (Å²) in [5, 5.41) is 0. The standard InChI is InChI=1S/C17H26N2O3S/c1-3-4-9-17(20)19-12-10-15(11-13-19)18-23(21,22)16-8-6-5-7-14(16)2/h5-8,15,18H,3-4,9-13H2,1-2H3. The molecule has 0 spiro atoms. The normalized spacial score (nSPS) is 16.5. The highest BCUT2D eigenvalue weighted by atomic mass is 32.2. The van der Waals surface area contributed by atoms with Crippen LogP contribution in [0, 0.1) is 6.92 Å². The van der Waals surface area contributed by atoms with E-state index < -0.39 is 10.0 Å². The van der Waals surface area contributed by atoms with Crippen LogP contribution in [-0.2, 0) is 14.8 Å². The van der Waals surface area contributed by atoms with Crippen LogP contribution in [0.5, 0.6) is 0 Å². The molecule has 1 saturated heterocycles. The van der Waals surface area contributed by atoms with Gasteiger partial charge in [-0.15, -0.1) is 0 Å². The van der Waals surface area contributed by atoms with Gasteiger partial charge in [-0.25, -0.2) is 13.1 Å². The van der Waals surface area contributed by atoms with Gasteiger partial charge in [0.05, 0.1) is 4.90 Å². The first-order chi connectivity index (χ1) is 10.9. The Morgan fingerprint density at radius 2 is 1.91 bits per heavy atom. The molecule has 1 aromatic carbocycles. The van der Waals surface area contributed by atoms with Gasteiger partial charge in [0, 0.05) is 25.6 Å². The zero-order valence-corrected chi connectivity index (χ0v) is 14.7. The first kappa shape index (κ1) is 17.9. The van der Waals surface area contributed by atoms with Crippen molar-refractivity contribution in [3.63, 3.8) is 0 Å². The second-order valence-corrected chi connectivity index (χ2v) is 7.83. The van der Waals surface area contributed by atoms with E-state index in [1.54, 1.807) is 25.1 Å². The van der Waals surface area contributed by atoms with Crippen molar-refractivity contribution in [1.82, 2.24) is 9.62 Å². The van der Waals surface area contributed by atoms with Crippen molar-refractivity contribution in [2.24, 2.45) is 0 Å². The fourth-order valence-corrected chi connectivity index (χ4v) is 4.42. The number of carbonyl (C=O) groups excluding carboxylic acids is 1. The molecule has 0 aliphatic carbocycles. The number of aryl methyl sites for hydroxylation is 1. The Balaban J connectivity index is 1.91. The number of sulfonamides is 1. The molecule has 1 amide bonds. The van der Waals surface area contributed by atoms with Gasteiger partial charge in [0.25, 0.3) is 0 Å². The summed E-state index contributed by atoms with van der Waals surface area (Å²) in [5.74, 6) is 0.187. The van der Waals surface area contributed by atoms with E-state index in [9.17, 15) is 13.2 Å². The summed E-state index contributed by atoms with van der Waals surface area (Å²) in [4.78, 5) is 14.2. The first-order valence-corrected chi connectivity index (χ1v) is 9.78. The fraction of sp³-hybridized carbons (Fsp3) is 0.588. The maximum Gasteiger partial charge on any atom is 0.241 e. The van der Waals surface area contributed by atoms with Crippen LogP contribution in [0.2, 0.25) is 0 Å². The van der Waals surface area contributed by atoms with Crippen LogP contribution in [0.4, 0.5) is 0 Å². The molecule has 128 valence electrons. The Morgan fingerprint density at radius 3 is 2.52 bits per heavy atom. The molecule has 2 rings (SSSR count). The number of hydrogen-bond donors (Lipinski definition) is 1. The molecule has 1 aliphatic heterocycles. The number of hydrogen-bond acceptors (Lipinski definition) is 3. The molecule has 1 aromatic rings. The fourth-order valence-electron chi connectivity index (χ4n) is 2.87. The van der Waals surface area contributed by atoms with E-state index in [1.807, 2.05) is 11.0 Å². The lowest BCUT2D eigenvalue weighted by Crippen LogP contribution is -2.46. The van der Waals surface area contributed by atoms with E-state index in [1.165, 1.54) is 0 Å². The number of nitrogens with zero attached hydrogens (tertiary/aromatic N) is 1. The Labute approximate surface area is 139 Å². The average Bonchev–Trinajstić information content (AvgIpc) is 2.53. The highest BCUT2D eigenvalue weighted by molar-refractivity contribution is 7.89. The molecule has 23 heavy (non-hydrogen) atoms. The topological polar surface area (TPSA) is 66.5 Å². The van der Waals surface area contributed by atoms with Gasteiger partial charge in [-0.05, 0) is 37.8 Å². The summed E-state index contributed by atoms with van der Waals surface area (Å²) in [7, 11) is -3.50. The maximum absolute atomic E-state index is 12.5. The minimum Gasteiger partial charge on any atom is -0.343 e. The van der Waals surface area contributed by atoms with Crippen molar-refractivity contribution >= 4 is 15.9 Å². The van der Waals surface area contributed by atoms with E-state index in [0.29, 0.717) is 37.2 Å². The van der Waals surface area contributed by atoms with Crippen LogP contribution in [0.3, 0.4) is 0 Å². The SMILES string of the molecule is CCCCC(=O)N1CCC(NS(=O)(=O)c2ccccc2C)CC1. The monoisotopic (exact) mass is 338 g/mol. The highest BCUT2D eigenvalue weighted by Crippen LogP contribution is 2.18. The zero-order chi connectivity index (χ0) is 16.9. The van der Waals surface area contributed by atoms with Crippen molar-refractivity contribution in [3.8, 4) is 0 Å². The number of benzene rings is 1. The molecule has 0 radical (unpaired) electrons. The molecule has 0 aromatic heterocycles. The van der Waals surface area contributed by atoms with E-state index >= 15 is 0 Å². The number of piperidine rings is 1. The number of carbonyl (C=O) groups is 1. The van der Waals surface area contributed by atoms with Crippen molar-refractivity contribution in [2.45, 2.75) is 56.9 Å². The third-order valence-corrected chi connectivity index (χ3v) is 5.98. The van der Waals surface area contributed by atoms with Gasteiger partial charge >= 0.3 is 0 Å². The maximum atomic E-state index is 12.5. The summed E-state index contributed by atoms with van der Waals surface area (Å²) in [6, 6.07) is 6.88. The zero-order valence-electron chi connectivity index (χ0n) is 13.9. The van der Waals surface area contributed by atoms with E-state index in [4.69, 9.17) is 0 Å². The molecule has 0 bridgehead atoms. The van der Waals surface area contributed by atoms with Crippen molar-refractivity contribution in [3.05, 3.63) is 29.8 Å². The Kier molecular flexibility index (Phi) is 6.18. The molecule has 0 unspecified atom stereocenters. The predicted octanol–water partition coefficient (Wildman–Crippen LogP) is 2.45. The first-order valence-electron chi connectivity index (χ1n) is 8.29. The Bertz CT molecular complexity index is 635. The summed E-state index contributed by atoms with van der Waals surface area (Å²) >= 11 is 0. The lowest BCUT2D eigenvalue weighted by Gasteiger charge is -2.32. The molecule has 0 atom stereocenters. The molecule has 6 heteroatoms. The van der Waals surface area contributed by atoms with Gasteiger partial charge in [-0.2, -0.15) is 0 Å². The van der Waals surface area contributed by atoms with Crippen LogP contribution in [-0.4, -0.2) is 38.4 Å². The summed E-state index contributed by atoms with van der Waals surface area (Å²) in [5.41, 5.74) is 0.743. The molecular weight excluding hydrogens is 312 g/mol. The Morgan fingerprint density at radius 1 is 1.26 bits per heavy atom.